The Morgan fingerprint density at radius 3 is 2.42 bits per heavy atom. The fourth-order valence-corrected chi connectivity index (χ4v) is 5.15. The van der Waals surface area contributed by atoms with Gasteiger partial charge in [0.05, 0.1) is 20.8 Å². The second-order valence-electron chi connectivity index (χ2n) is 8.89. The Bertz CT molecular complexity index is 1820. The molecule has 4 nitrogen and oxygen atoms in total. The molecule has 6 heteroatoms. The van der Waals surface area contributed by atoms with Crippen molar-refractivity contribution in [3.05, 3.63) is 113 Å². The predicted molar refractivity (Wildman–Crippen MR) is 152 cm³/mol. The van der Waals surface area contributed by atoms with E-state index in [-0.39, 0.29) is 20.1 Å². The average molecular weight is 690 g/mol. The monoisotopic (exact) mass is 690 g/mol. The van der Waals surface area contributed by atoms with Crippen molar-refractivity contribution in [2.75, 3.05) is 0 Å². The van der Waals surface area contributed by atoms with Gasteiger partial charge in [-0.15, -0.1) is 65.4 Å². The number of rotatable bonds is 2. The van der Waals surface area contributed by atoms with Crippen LogP contribution in [0, 0.1) is 32.9 Å². The molecule has 0 aliphatic carbocycles. The molecule has 0 aliphatic rings. The van der Waals surface area contributed by atoms with E-state index in [4.69, 9.17) is 4.42 Å². The number of benzene rings is 3. The SMILES string of the molecule is Cc1nc2cc3oc4c(-c5cc(C)c(C)cn5)[c-]ccc4c3cc2s1.[Ir].[c-]1ccccc1-c1ccccn1. The van der Waals surface area contributed by atoms with E-state index in [0.717, 1.165) is 55.0 Å². The third-order valence-electron chi connectivity index (χ3n) is 6.33. The zero-order chi connectivity index (χ0) is 25.4. The molecule has 0 aliphatic heterocycles. The first-order chi connectivity index (χ1) is 18.1. The third-order valence-corrected chi connectivity index (χ3v) is 7.26. The topological polar surface area (TPSA) is 51.8 Å². The molecule has 0 bridgehead atoms. The van der Waals surface area contributed by atoms with Crippen LogP contribution in [0.1, 0.15) is 16.1 Å². The van der Waals surface area contributed by atoms with Crippen molar-refractivity contribution in [3.63, 3.8) is 0 Å². The van der Waals surface area contributed by atoms with Crippen molar-refractivity contribution in [2.45, 2.75) is 20.8 Å². The summed E-state index contributed by atoms with van der Waals surface area (Å²) in [5.74, 6) is 0. The maximum atomic E-state index is 6.22. The zero-order valence-corrected chi connectivity index (χ0v) is 24.3. The molecule has 0 saturated carbocycles. The van der Waals surface area contributed by atoms with Gasteiger partial charge in [0.25, 0.3) is 0 Å². The number of hydrogen-bond donors (Lipinski definition) is 0. The molecular weight excluding hydrogens is 667 g/mol. The van der Waals surface area contributed by atoms with Crippen LogP contribution < -0.4 is 0 Å². The fraction of sp³-hybridized carbons (Fsp3) is 0.0938. The Balaban J connectivity index is 0.000000191. The number of aromatic nitrogens is 3. The standard InChI is InChI=1S/C21H15N2OS.C11H8N.Ir/c1-11-7-17(22-10-12(11)2)15-6-4-5-14-16-8-20-18(23-13(3)25-20)9-19(16)24-21(14)15;1-2-6-10(7-3-1)11-8-4-5-9-12-11;/h4-5,7-10H,1-3H3;1-6,8-9H;/q2*-1;. The van der Waals surface area contributed by atoms with E-state index in [1.165, 1.54) is 15.8 Å². The van der Waals surface area contributed by atoms with E-state index in [2.05, 4.69) is 59.1 Å². The molecule has 0 unspecified atom stereocenters. The summed E-state index contributed by atoms with van der Waals surface area (Å²) in [5, 5.41) is 3.28. The Hall–Kier alpha value is -3.70. The Morgan fingerprint density at radius 1 is 0.789 bits per heavy atom. The number of hydrogen-bond acceptors (Lipinski definition) is 5. The van der Waals surface area contributed by atoms with Crippen molar-refractivity contribution in [1.29, 1.82) is 0 Å². The summed E-state index contributed by atoms with van der Waals surface area (Å²) >= 11 is 1.71. The summed E-state index contributed by atoms with van der Waals surface area (Å²) in [5.41, 5.74) is 8.89. The quantitative estimate of drug-likeness (QED) is 0.171. The minimum Gasteiger partial charge on any atom is -0.501 e. The molecule has 0 amide bonds. The van der Waals surface area contributed by atoms with E-state index in [1.54, 1.807) is 17.5 Å². The van der Waals surface area contributed by atoms with Gasteiger partial charge in [-0.1, -0.05) is 34.7 Å². The van der Waals surface area contributed by atoms with Gasteiger partial charge in [0.1, 0.15) is 5.58 Å². The van der Waals surface area contributed by atoms with Crippen molar-refractivity contribution in [3.8, 4) is 22.5 Å². The number of pyridine rings is 2. The van der Waals surface area contributed by atoms with E-state index in [0.29, 0.717) is 0 Å². The van der Waals surface area contributed by atoms with Crippen LogP contribution in [0.5, 0.6) is 0 Å². The summed E-state index contributed by atoms with van der Waals surface area (Å²) in [7, 11) is 0. The van der Waals surface area contributed by atoms with Gasteiger partial charge in [0.15, 0.2) is 0 Å². The van der Waals surface area contributed by atoms with Gasteiger partial charge in [-0.3, -0.25) is 0 Å². The van der Waals surface area contributed by atoms with Crippen molar-refractivity contribution >= 4 is 43.5 Å². The van der Waals surface area contributed by atoms with E-state index >= 15 is 0 Å². The zero-order valence-electron chi connectivity index (χ0n) is 21.1. The van der Waals surface area contributed by atoms with Gasteiger partial charge in [0, 0.05) is 44.0 Å². The van der Waals surface area contributed by atoms with Gasteiger partial charge < -0.3 is 14.4 Å². The normalized spacial score (nSPS) is 10.8. The van der Waals surface area contributed by atoms with E-state index < -0.39 is 0 Å². The van der Waals surface area contributed by atoms with Crippen molar-refractivity contribution < 1.29 is 24.5 Å². The van der Waals surface area contributed by atoms with E-state index in [9.17, 15) is 0 Å². The molecule has 189 valence electrons. The van der Waals surface area contributed by atoms with Crippen LogP contribution in [-0.4, -0.2) is 15.0 Å². The second-order valence-corrected chi connectivity index (χ2v) is 10.1. The van der Waals surface area contributed by atoms with Crippen LogP contribution in [0.3, 0.4) is 0 Å². The molecule has 0 fully saturated rings. The molecule has 0 N–H and O–H groups in total. The van der Waals surface area contributed by atoms with Crippen molar-refractivity contribution in [1.82, 2.24) is 15.0 Å². The Morgan fingerprint density at radius 2 is 1.66 bits per heavy atom. The average Bonchev–Trinajstić information content (AvgIpc) is 3.48. The summed E-state index contributed by atoms with van der Waals surface area (Å²) in [4.78, 5) is 13.4. The van der Waals surface area contributed by atoms with Crippen molar-refractivity contribution in [2.24, 2.45) is 0 Å². The molecule has 4 aromatic heterocycles. The maximum absolute atomic E-state index is 6.22. The minimum absolute atomic E-state index is 0. The van der Waals surface area contributed by atoms with Crippen LogP contribution in [0.25, 0.3) is 54.7 Å². The van der Waals surface area contributed by atoms with Crippen LogP contribution in [0.4, 0.5) is 0 Å². The minimum atomic E-state index is 0. The van der Waals surface area contributed by atoms with Gasteiger partial charge in [-0.05, 0) is 49.9 Å². The fourth-order valence-electron chi connectivity index (χ4n) is 4.30. The van der Waals surface area contributed by atoms with E-state index in [1.807, 2.05) is 67.7 Å². The van der Waals surface area contributed by atoms with Gasteiger partial charge in [-0.25, -0.2) is 4.98 Å². The number of nitrogens with zero attached hydrogens (tertiary/aromatic N) is 3. The maximum Gasteiger partial charge on any atom is 0.123 e. The predicted octanol–water partition coefficient (Wildman–Crippen LogP) is 8.53. The molecular formula is C32H23IrN3OS-2. The number of aryl methyl sites for hydroxylation is 3. The largest absolute Gasteiger partial charge is 0.501 e. The van der Waals surface area contributed by atoms with Gasteiger partial charge in [-0.2, -0.15) is 0 Å². The smallest absolute Gasteiger partial charge is 0.123 e. The first-order valence-electron chi connectivity index (χ1n) is 12.0. The van der Waals surface area contributed by atoms with Crippen LogP contribution in [-0.2, 0) is 20.1 Å². The molecule has 38 heavy (non-hydrogen) atoms. The summed E-state index contributed by atoms with van der Waals surface area (Å²) < 4.78 is 7.41. The summed E-state index contributed by atoms with van der Waals surface area (Å²) in [6.07, 6.45) is 3.69. The first-order valence-corrected chi connectivity index (χ1v) is 12.8. The second kappa shape index (κ2) is 11.0. The molecule has 7 rings (SSSR count). The Labute approximate surface area is 238 Å². The molecule has 0 atom stereocenters. The van der Waals surface area contributed by atoms with Gasteiger partial charge >= 0.3 is 0 Å². The molecule has 0 spiro atoms. The van der Waals surface area contributed by atoms with Crippen LogP contribution in [0.15, 0.2) is 89.6 Å². The first kappa shape index (κ1) is 25.9. The summed E-state index contributed by atoms with van der Waals surface area (Å²) in [6.45, 7) is 6.20. The summed E-state index contributed by atoms with van der Waals surface area (Å²) in [6, 6.07) is 30.4. The number of furan rings is 1. The molecule has 4 heterocycles. The van der Waals surface area contributed by atoms with Crippen LogP contribution >= 0.6 is 11.3 Å². The van der Waals surface area contributed by atoms with Crippen LogP contribution in [0.2, 0.25) is 0 Å². The number of fused-ring (bicyclic) bond motifs is 4. The Kier molecular flexibility index (Phi) is 7.48. The van der Waals surface area contributed by atoms with Gasteiger partial charge in [0.2, 0.25) is 0 Å². The molecule has 7 aromatic rings. The molecule has 3 aromatic carbocycles. The third kappa shape index (κ3) is 5.03. The molecule has 1 radical (unpaired) electrons. The number of thiazole rings is 1. The molecule has 0 saturated heterocycles.